The lowest BCUT2D eigenvalue weighted by Crippen LogP contribution is -2.40. The first kappa shape index (κ1) is 14.9. The van der Waals surface area contributed by atoms with Crippen molar-refractivity contribution in [2.75, 3.05) is 43.6 Å². The van der Waals surface area contributed by atoms with Crippen LogP contribution in [0.2, 0.25) is 0 Å². The second-order valence-electron chi connectivity index (χ2n) is 4.37. The van der Waals surface area contributed by atoms with Gasteiger partial charge in [-0.25, -0.2) is 9.99 Å². The third kappa shape index (κ3) is 3.97. The van der Waals surface area contributed by atoms with E-state index in [2.05, 4.69) is 15.7 Å². The number of halogens is 3. The quantitative estimate of drug-likeness (QED) is 0.890. The molecule has 2 heterocycles. The van der Waals surface area contributed by atoms with Gasteiger partial charge in [-0.15, -0.1) is 0 Å². The van der Waals surface area contributed by atoms with E-state index in [0.717, 1.165) is 12.1 Å². The number of hydrogen-bond acceptors (Lipinski definition) is 5. The van der Waals surface area contributed by atoms with Gasteiger partial charge < -0.3 is 15.5 Å². The molecule has 0 spiro atoms. The van der Waals surface area contributed by atoms with Crippen molar-refractivity contribution in [1.29, 1.82) is 0 Å². The predicted molar refractivity (Wildman–Crippen MR) is 69.4 cm³/mol. The molecular formula is C12H17F3N4O. The molecule has 0 amide bonds. The first-order chi connectivity index (χ1) is 9.49. The highest BCUT2D eigenvalue weighted by Crippen LogP contribution is 2.32. The Bertz CT molecular complexity index is 447. The summed E-state index contributed by atoms with van der Waals surface area (Å²) in [6.45, 7) is 4.61. The topological polar surface area (TPSA) is 49.4 Å². The van der Waals surface area contributed by atoms with E-state index in [-0.39, 0.29) is 11.6 Å². The largest absolute Gasteiger partial charge is 0.416 e. The van der Waals surface area contributed by atoms with Crippen molar-refractivity contribution in [3.8, 4) is 0 Å². The third-order valence-corrected chi connectivity index (χ3v) is 2.79. The number of morpholine rings is 1. The van der Waals surface area contributed by atoms with Crippen LogP contribution < -0.4 is 10.7 Å². The molecule has 112 valence electrons. The van der Waals surface area contributed by atoms with Crippen LogP contribution in [0.1, 0.15) is 12.5 Å². The molecule has 0 aromatic carbocycles. The van der Waals surface area contributed by atoms with Gasteiger partial charge in [-0.3, -0.25) is 0 Å². The van der Waals surface area contributed by atoms with Crippen LogP contribution in [0.4, 0.5) is 24.8 Å². The lowest BCUT2D eigenvalue weighted by atomic mass is 10.2. The minimum absolute atomic E-state index is 0.178. The van der Waals surface area contributed by atoms with Crippen LogP contribution in [0.15, 0.2) is 12.1 Å². The number of anilines is 2. The number of rotatable bonds is 4. The summed E-state index contributed by atoms with van der Waals surface area (Å²) in [6, 6.07) is 2.02. The molecule has 1 aliphatic heterocycles. The Kier molecular flexibility index (Phi) is 4.66. The van der Waals surface area contributed by atoms with E-state index < -0.39 is 11.7 Å². The monoisotopic (exact) mass is 290 g/mol. The first-order valence-electron chi connectivity index (χ1n) is 6.41. The number of nitrogens with zero attached hydrogens (tertiary/aromatic N) is 2. The Morgan fingerprint density at radius 1 is 1.25 bits per heavy atom. The van der Waals surface area contributed by atoms with Crippen LogP contribution in [-0.4, -0.2) is 42.8 Å². The van der Waals surface area contributed by atoms with Crippen molar-refractivity contribution in [2.24, 2.45) is 0 Å². The fourth-order valence-electron chi connectivity index (χ4n) is 1.86. The number of aromatic nitrogens is 1. The summed E-state index contributed by atoms with van der Waals surface area (Å²) in [5.41, 5.74) is 2.17. The summed E-state index contributed by atoms with van der Waals surface area (Å²) < 4.78 is 43.7. The van der Waals surface area contributed by atoms with E-state index in [9.17, 15) is 13.2 Å². The van der Waals surface area contributed by atoms with Gasteiger partial charge in [0, 0.05) is 19.6 Å². The van der Waals surface area contributed by atoms with E-state index in [0.29, 0.717) is 32.8 Å². The van der Waals surface area contributed by atoms with Crippen molar-refractivity contribution >= 4 is 11.6 Å². The molecule has 0 saturated carbocycles. The molecule has 0 aliphatic carbocycles. The summed E-state index contributed by atoms with van der Waals surface area (Å²) in [6.07, 6.45) is -4.39. The van der Waals surface area contributed by atoms with Gasteiger partial charge in [-0.2, -0.15) is 13.2 Å². The van der Waals surface area contributed by atoms with Crippen LogP contribution in [0, 0.1) is 0 Å². The number of hydrogen-bond donors (Lipinski definition) is 2. The molecule has 20 heavy (non-hydrogen) atoms. The average molecular weight is 290 g/mol. The molecule has 1 saturated heterocycles. The summed E-state index contributed by atoms with van der Waals surface area (Å²) in [4.78, 5) is 4.13. The molecular weight excluding hydrogens is 273 g/mol. The zero-order valence-electron chi connectivity index (χ0n) is 11.1. The maximum absolute atomic E-state index is 12.8. The lowest BCUT2D eigenvalue weighted by Gasteiger charge is -2.27. The molecule has 8 heteroatoms. The molecule has 1 aromatic heterocycles. The maximum atomic E-state index is 12.8. The molecule has 0 bridgehead atoms. The number of hydrazine groups is 1. The first-order valence-corrected chi connectivity index (χ1v) is 6.41. The smallest absolute Gasteiger partial charge is 0.379 e. The van der Waals surface area contributed by atoms with E-state index >= 15 is 0 Å². The summed E-state index contributed by atoms with van der Waals surface area (Å²) in [7, 11) is 0. The van der Waals surface area contributed by atoms with Crippen molar-refractivity contribution in [3.05, 3.63) is 17.7 Å². The van der Waals surface area contributed by atoms with E-state index in [4.69, 9.17) is 4.74 Å². The van der Waals surface area contributed by atoms with Gasteiger partial charge in [0.2, 0.25) is 0 Å². The fraction of sp³-hybridized carbons (Fsp3) is 0.583. The van der Waals surface area contributed by atoms with Gasteiger partial charge in [0.15, 0.2) is 0 Å². The molecule has 5 nitrogen and oxygen atoms in total. The highest BCUT2D eigenvalue weighted by atomic mass is 19.4. The van der Waals surface area contributed by atoms with Crippen molar-refractivity contribution in [2.45, 2.75) is 13.1 Å². The lowest BCUT2D eigenvalue weighted by molar-refractivity contribution is -0.137. The average Bonchev–Trinajstić information content (AvgIpc) is 2.39. The van der Waals surface area contributed by atoms with Gasteiger partial charge in [-0.05, 0) is 19.1 Å². The zero-order chi connectivity index (χ0) is 14.6. The van der Waals surface area contributed by atoms with E-state index in [1.807, 2.05) is 0 Å². The summed E-state index contributed by atoms with van der Waals surface area (Å²) in [5, 5.41) is 4.60. The molecule has 1 aromatic rings. The van der Waals surface area contributed by atoms with Crippen LogP contribution in [-0.2, 0) is 10.9 Å². The van der Waals surface area contributed by atoms with Crippen molar-refractivity contribution < 1.29 is 17.9 Å². The van der Waals surface area contributed by atoms with Gasteiger partial charge in [0.1, 0.15) is 11.6 Å². The fourth-order valence-corrected chi connectivity index (χ4v) is 1.86. The van der Waals surface area contributed by atoms with E-state index in [1.54, 1.807) is 11.9 Å². The third-order valence-electron chi connectivity index (χ3n) is 2.79. The molecule has 1 fully saturated rings. The minimum Gasteiger partial charge on any atom is -0.379 e. The molecule has 0 atom stereocenters. The van der Waals surface area contributed by atoms with Gasteiger partial charge >= 0.3 is 6.18 Å². The molecule has 1 aliphatic rings. The zero-order valence-corrected chi connectivity index (χ0v) is 11.1. The van der Waals surface area contributed by atoms with Gasteiger partial charge in [0.05, 0.1) is 18.8 Å². The van der Waals surface area contributed by atoms with Crippen LogP contribution >= 0.6 is 0 Å². The van der Waals surface area contributed by atoms with Crippen molar-refractivity contribution in [3.63, 3.8) is 0 Å². The highest BCUT2D eigenvalue weighted by Gasteiger charge is 2.31. The molecule has 0 unspecified atom stereocenters. The molecule has 0 radical (unpaired) electrons. The van der Waals surface area contributed by atoms with Crippen LogP contribution in [0.5, 0.6) is 0 Å². The Morgan fingerprint density at radius 2 is 1.90 bits per heavy atom. The van der Waals surface area contributed by atoms with Crippen LogP contribution in [0.3, 0.4) is 0 Å². The maximum Gasteiger partial charge on any atom is 0.416 e. The van der Waals surface area contributed by atoms with Gasteiger partial charge in [-0.1, -0.05) is 0 Å². The van der Waals surface area contributed by atoms with Gasteiger partial charge in [0.25, 0.3) is 0 Å². The number of ether oxygens (including phenoxy) is 1. The minimum atomic E-state index is -4.39. The predicted octanol–water partition coefficient (Wildman–Crippen LogP) is 2.19. The Labute approximate surface area is 115 Å². The second-order valence-corrected chi connectivity index (χ2v) is 4.37. The van der Waals surface area contributed by atoms with Crippen molar-refractivity contribution in [1.82, 2.24) is 9.99 Å². The standard InChI is InChI=1S/C12H17F3N4O/c1-2-16-10-7-9(12(13,14)15)8-11(17-10)18-19-3-5-20-6-4-19/h7-8H,2-6H2,1H3,(H2,16,17,18). The summed E-state index contributed by atoms with van der Waals surface area (Å²) in [5.74, 6) is 0.385. The molecule has 2 N–H and O–H groups in total. The number of pyridine rings is 1. The number of nitrogens with one attached hydrogen (secondary N) is 2. The molecule has 2 rings (SSSR count). The Morgan fingerprint density at radius 3 is 2.50 bits per heavy atom. The van der Waals surface area contributed by atoms with E-state index in [1.165, 1.54) is 0 Å². The Balaban J connectivity index is 2.19. The normalized spacial score (nSPS) is 17.0. The summed E-state index contributed by atoms with van der Waals surface area (Å²) >= 11 is 0. The highest BCUT2D eigenvalue weighted by molar-refractivity contribution is 5.49. The second kappa shape index (κ2) is 6.27. The SMILES string of the molecule is CCNc1cc(C(F)(F)F)cc(NN2CCOCC2)n1. The Hall–Kier alpha value is -1.54. The van der Waals surface area contributed by atoms with Crippen LogP contribution in [0.25, 0.3) is 0 Å². The number of alkyl halides is 3.